The number of para-hydroxylation sites is 1. The van der Waals surface area contributed by atoms with Gasteiger partial charge >= 0.3 is 0 Å². The first kappa shape index (κ1) is 17.1. The normalized spacial score (nSPS) is 11.7. The molecule has 134 valence electrons. The minimum atomic E-state index is -0.298. The maximum atomic E-state index is 12.8. The van der Waals surface area contributed by atoms with Crippen molar-refractivity contribution < 1.29 is 13.6 Å². The van der Waals surface area contributed by atoms with Gasteiger partial charge in [-0.05, 0) is 48.5 Å². The number of carbonyl (C=O) groups is 1. The van der Waals surface area contributed by atoms with Crippen molar-refractivity contribution in [1.29, 1.82) is 0 Å². The van der Waals surface area contributed by atoms with Crippen LogP contribution in [0.4, 0.5) is 5.69 Å². The van der Waals surface area contributed by atoms with E-state index >= 15 is 0 Å². The molecule has 2 heterocycles. The van der Waals surface area contributed by atoms with Gasteiger partial charge in [-0.3, -0.25) is 4.79 Å². The van der Waals surface area contributed by atoms with E-state index in [2.05, 4.69) is 10.3 Å². The summed E-state index contributed by atoms with van der Waals surface area (Å²) in [5, 5.41) is 4.25. The zero-order valence-corrected chi connectivity index (χ0v) is 14.9. The van der Waals surface area contributed by atoms with Crippen LogP contribution >= 0.6 is 11.6 Å². The number of fused-ring (bicyclic) bond motifs is 1. The Morgan fingerprint density at radius 3 is 2.63 bits per heavy atom. The SMILES string of the molecule is O=C(NCc1ccco1)c1cc2ccccc2oc1=Nc1ccc(Cl)cc1. The van der Waals surface area contributed by atoms with Crippen molar-refractivity contribution in [1.82, 2.24) is 5.32 Å². The van der Waals surface area contributed by atoms with Crippen molar-refractivity contribution in [2.75, 3.05) is 0 Å². The van der Waals surface area contributed by atoms with E-state index in [-0.39, 0.29) is 18.0 Å². The first-order valence-corrected chi connectivity index (χ1v) is 8.70. The molecule has 0 spiro atoms. The lowest BCUT2D eigenvalue weighted by Crippen LogP contribution is -2.28. The molecule has 0 bridgehead atoms. The molecule has 0 saturated heterocycles. The van der Waals surface area contributed by atoms with Gasteiger partial charge in [0.1, 0.15) is 16.9 Å². The molecule has 4 rings (SSSR count). The van der Waals surface area contributed by atoms with Crippen LogP contribution in [0.5, 0.6) is 0 Å². The molecule has 0 aliphatic carbocycles. The number of hydrogen-bond donors (Lipinski definition) is 1. The van der Waals surface area contributed by atoms with Gasteiger partial charge in [0, 0.05) is 10.4 Å². The average Bonchev–Trinajstić information content (AvgIpc) is 3.21. The highest BCUT2D eigenvalue weighted by atomic mass is 35.5. The van der Waals surface area contributed by atoms with Crippen LogP contribution in [-0.2, 0) is 6.54 Å². The van der Waals surface area contributed by atoms with Gasteiger partial charge in [0.15, 0.2) is 0 Å². The van der Waals surface area contributed by atoms with Crippen LogP contribution in [-0.4, -0.2) is 5.91 Å². The summed E-state index contributed by atoms with van der Waals surface area (Å²) in [6.45, 7) is 0.277. The second-order valence-corrected chi connectivity index (χ2v) is 6.29. The molecular weight excluding hydrogens is 364 g/mol. The zero-order chi connectivity index (χ0) is 18.6. The number of rotatable bonds is 4. The lowest BCUT2D eigenvalue weighted by atomic mass is 10.1. The predicted molar refractivity (Wildman–Crippen MR) is 103 cm³/mol. The molecule has 1 amide bonds. The van der Waals surface area contributed by atoms with Crippen LogP contribution in [0.25, 0.3) is 11.0 Å². The number of carbonyl (C=O) groups excluding carboxylic acids is 1. The van der Waals surface area contributed by atoms with Gasteiger partial charge in [-0.2, -0.15) is 0 Å². The molecule has 0 saturated carbocycles. The summed E-state index contributed by atoms with van der Waals surface area (Å²) in [5.41, 5.74) is 1.86. The number of nitrogens with zero attached hydrogens (tertiary/aromatic N) is 1. The van der Waals surface area contributed by atoms with E-state index in [0.717, 1.165) is 5.39 Å². The Morgan fingerprint density at radius 1 is 1.04 bits per heavy atom. The number of furan rings is 1. The Kier molecular flexibility index (Phi) is 4.77. The maximum Gasteiger partial charge on any atom is 0.257 e. The van der Waals surface area contributed by atoms with Crippen LogP contribution in [0.2, 0.25) is 5.02 Å². The topological polar surface area (TPSA) is 67.7 Å². The van der Waals surface area contributed by atoms with E-state index in [1.54, 1.807) is 48.7 Å². The fourth-order valence-electron chi connectivity index (χ4n) is 2.62. The fourth-order valence-corrected chi connectivity index (χ4v) is 2.75. The Hall–Kier alpha value is -3.31. The summed E-state index contributed by atoms with van der Waals surface area (Å²) in [6.07, 6.45) is 1.56. The monoisotopic (exact) mass is 378 g/mol. The van der Waals surface area contributed by atoms with Crippen LogP contribution < -0.4 is 10.9 Å². The van der Waals surface area contributed by atoms with E-state index < -0.39 is 0 Å². The minimum Gasteiger partial charge on any atom is -0.467 e. The van der Waals surface area contributed by atoms with E-state index in [0.29, 0.717) is 27.6 Å². The summed E-state index contributed by atoms with van der Waals surface area (Å²) in [5.74, 6) is 0.367. The molecule has 0 aliphatic rings. The van der Waals surface area contributed by atoms with E-state index in [1.165, 1.54) is 0 Å². The van der Waals surface area contributed by atoms with Gasteiger partial charge in [0.25, 0.3) is 5.91 Å². The van der Waals surface area contributed by atoms with Gasteiger partial charge in [-0.15, -0.1) is 0 Å². The van der Waals surface area contributed by atoms with E-state index in [1.807, 2.05) is 24.3 Å². The number of hydrogen-bond acceptors (Lipinski definition) is 4. The van der Waals surface area contributed by atoms with E-state index in [4.69, 9.17) is 20.4 Å². The van der Waals surface area contributed by atoms with Gasteiger partial charge in [0.05, 0.1) is 18.5 Å². The van der Waals surface area contributed by atoms with Gasteiger partial charge < -0.3 is 14.2 Å². The predicted octanol–water partition coefficient (Wildman–Crippen LogP) is 4.84. The molecule has 5 nitrogen and oxygen atoms in total. The molecular formula is C21H15ClN2O3. The first-order valence-electron chi connectivity index (χ1n) is 8.33. The lowest BCUT2D eigenvalue weighted by Gasteiger charge is -2.06. The Labute approximate surface area is 159 Å². The molecule has 0 fully saturated rings. The van der Waals surface area contributed by atoms with Crippen molar-refractivity contribution in [2.24, 2.45) is 4.99 Å². The van der Waals surface area contributed by atoms with Crippen molar-refractivity contribution in [3.05, 3.63) is 94.9 Å². The molecule has 2 aromatic heterocycles. The van der Waals surface area contributed by atoms with Crippen LogP contribution in [0.3, 0.4) is 0 Å². The Balaban J connectivity index is 1.76. The van der Waals surface area contributed by atoms with E-state index in [9.17, 15) is 4.79 Å². The largest absolute Gasteiger partial charge is 0.467 e. The standard InChI is InChI=1S/C21H15ClN2O3/c22-15-7-9-16(10-8-15)24-21-18(12-14-4-1-2-6-19(14)27-21)20(25)23-13-17-5-3-11-26-17/h1-12H,13H2,(H,23,25). The number of nitrogens with one attached hydrogen (secondary N) is 1. The highest BCUT2D eigenvalue weighted by molar-refractivity contribution is 6.30. The van der Waals surface area contributed by atoms with Crippen molar-refractivity contribution >= 4 is 34.2 Å². The van der Waals surface area contributed by atoms with Crippen LogP contribution in [0, 0.1) is 0 Å². The highest BCUT2D eigenvalue weighted by Gasteiger charge is 2.13. The second kappa shape index (κ2) is 7.51. The molecule has 4 aromatic rings. The third kappa shape index (κ3) is 3.93. The quantitative estimate of drug-likeness (QED) is 0.552. The van der Waals surface area contributed by atoms with Crippen LogP contribution in [0.1, 0.15) is 16.1 Å². The maximum absolute atomic E-state index is 12.8. The fraction of sp³-hybridized carbons (Fsp3) is 0.0476. The summed E-state index contributed by atoms with van der Waals surface area (Å²) in [4.78, 5) is 17.2. The van der Waals surface area contributed by atoms with Crippen molar-refractivity contribution in [2.45, 2.75) is 6.54 Å². The van der Waals surface area contributed by atoms with Gasteiger partial charge in [-0.1, -0.05) is 29.8 Å². The van der Waals surface area contributed by atoms with Crippen molar-refractivity contribution in [3.8, 4) is 0 Å². The Morgan fingerprint density at radius 2 is 1.85 bits per heavy atom. The smallest absolute Gasteiger partial charge is 0.257 e. The summed E-state index contributed by atoms with van der Waals surface area (Å²) >= 11 is 5.93. The summed E-state index contributed by atoms with van der Waals surface area (Å²) in [6, 6.07) is 19.8. The number of benzene rings is 2. The Bertz CT molecular complexity index is 1150. The molecule has 1 N–H and O–H groups in total. The molecule has 0 radical (unpaired) electrons. The lowest BCUT2D eigenvalue weighted by molar-refractivity contribution is 0.0944. The highest BCUT2D eigenvalue weighted by Crippen LogP contribution is 2.17. The molecule has 6 heteroatoms. The molecule has 0 aliphatic heterocycles. The number of amides is 1. The van der Waals surface area contributed by atoms with Crippen molar-refractivity contribution in [3.63, 3.8) is 0 Å². The van der Waals surface area contributed by atoms with Gasteiger partial charge in [0.2, 0.25) is 5.55 Å². The first-order chi connectivity index (χ1) is 13.2. The third-order valence-electron chi connectivity index (χ3n) is 3.96. The summed E-state index contributed by atoms with van der Waals surface area (Å²) in [7, 11) is 0. The zero-order valence-electron chi connectivity index (χ0n) is 14.2. The molecule has 0 atom stereocenters. The molecule has 2 aromatic carbocycles. The van der Waals surface area contributed by atoms with Crippen LogP contribution in [0.15, 0.2) is 86.8 Å². The average molecular weight is 379 g/mol. The minimum absolute atomic E-state index is 0.230. The second-order valence-electron chi connectivity index (χ2n) is 5.85. The number of halogens is 1. The molecule has 27 heavy (non-hydrogen) atoms. The summed E-state index contributed by atoms with van der Waals surface area (Å²) < 4.78 is 11.2. The molecule has 0 unspecified atom stereocenters. The third-order valence-corrected chi connectivity index (χ3v) is 4.21. The van der Waals surface area contributed by atoms with Gasteiger partial charge in [-0.25, -0.2) is 4.99 Å².